The van der Waals surface area contributed by atoms with Crippen LogP contribution in [0.25, 0.3) is 11.5 Å². The smallest absolute Gasteiger partial charge is 0.431 e. The van der Waals surface area contributed by atoms with Crippen LogP contribution in [0.4, 0.5) is 18.9 Å². The summed E-state index contributed by atoms with van der Waals surface area (Å²) in [5.41, 5.74) is 0.811. The zero-order valence-electron chi connectivity index (χ0n) is 14.7. The number of alkyl halides is 3. The molecule has 3 aromatic rings. The van der Waals surface area contributed by atoms with Gasteiger partial charge in [-0.2, -0.15) is 13.2 Å². The van der Waals surface area contributed by atoms with Crippen molar-refractivity contribution in [3.63, 3.8) is 0 Å². The summed E-state index contributed by atoms with van der Waals surface area (Å²) in [4.78, 5) is 16.4. The van der Waals surface area contributed by atoms with Gasteiger partial charge in [0.1, 0.15) is 0 Å². The van der Waals surface area contributed by atoms with E-state index in [9.17, 15) is 18.0 Å². The fraction of sp³-hybridized carbons (Fsp3) is 0.200. The lowest BCUT2D eigenvalue weighted by atomic mass is 10.0. The zero-order valence-corrected chi connectivity index (χ0v) is 14.7. The van der Waals surface area contributed by atoms with Crippen molar-refractivity contribution in [1.82, 2.24) is 4.98 Å². The Kier molecular flexibility index (Phi) is 5.03. The van der Waals surface area contributed by atoms with Gasteiger partial charge in [-0.1, -0.05) is 50.2 Å². The summed E-state index contributed by atoms with van der Waals surface area (Å²) in [5, 5.41) is 2.52. The van der Waals surface area contributed by atoms with E-state index in [2.05, 4.69) is 10.3 Å². The Balaban J connectivity index is 2.00. The first kappa shape index (κ1) is 18.7. The molecule has 0 radical (unpaired) electrons. The second-order valence-corrected chi connectivity index (χ2v) is 6.26. The maximum absolute atomic E-state index is 13.4. The monoisotopic (exact) mass is 374 g/mol. The van der Waals surface area contributed by atoms with Gasteiger partial charge in [-0.05, 0) is 29.7 Å². The van der Waals surface area contributed by atoms with Crippen LogP contribution in [0.5, 0.6) is 0 Å². The highest BCUT2D eigenvalue weighted by molar-refractivity contribution is 6.04. The number of carbonyl (C=O) groups is 1. The third-order valence-corrected chi connectivity index (χ3v) is 3.95. The number of halogens is 3. The van der Waals surface area contributed by atoms with Gasteiger partial charge >= 0.3 is 6.18 Å². The van der Waals surface area contributed by atoms with Gasteiger partial charge in [0.2, 0.25) is 11.7 Å². The van der Waals surface area contributed by atoms with E-state index >= 15 is 0 Å². The zero-order chi connectivity index (χ0) is 19.6. The summed E-state index contributed by atoms with van der Waals surface area (Å²) in [6.07, 6.45) is -4.84. The summed E-state index contributed by atoms with van der Waals surface area (Å²) in [7, 11) is 0. The van der Waals surface area contributed by atoms with Crippen LogP contribution in [0, 0.1) is 0 Å². The van der Waals surface area contributed by atoms with E-state index < -0.39 is 23.5 Å². The van der Waals surface area contributed by atoms with Crippen molar-refractivity contribution in [2.24, 2.45) is 0 Å². The Hall–Kier alpha value is -3.09. The van der Waals surface area contributed by atoms with Crippen LogP contribution >= 0.6 is 0 Å². The normalized spacial score (nSPS) is 11.6. The Bertz CT molecular complexity index is 947. The number of hydrogen-bond acceptors (Lipinski definition) is 3. The molecule has 0 spiro atoms. The molecule has 0 atom stereocenters. The fourth-order valence-corrected chi connectivity index (χ4v) is 2.67. The highest BCUT2D eigenvalue weighted by Crippen LogP contribution is 2.36. The van der Waals surface area contributed by atoms with E-state index in [0.29, 0.717) is 11.3 Å². The molecule has 0 aliphatic rings. The van der Waals surface area contributed by atoms with E-state index in [0.717, 1.165) is 5.56 Å². The molecular weight excluding hydrogens is 357 g/mol. The molecule has 0 saturated carbocycles. The minimum absolute atomic E-state index is 0.0841. The molecule has 0 aliphatic heterocycles. The first-order chi connectivity index (χ1) is 12.8. The van der Waals surface area contributed by atoms with Crippen molar-refractivity contribution >= 4 is 11.6 Å². The molecule has 0 unspecified atom stereocenters. The first-order valence-corrected chi connectivity index (χ1v) is 8.31. The van der Waals surface area contributed by atoms with E-state index in [4.69, 9.17) is 4.42 Å². The number of rotatable bonds is 4. The number of nitrogens with one attached hydrogen (secondary N) is 1. The van der Waals surface area contributed by atoms with Crippen LogP contribution in [-0.2, 0) is 6.18 Å². The van der Waals surface area contributed by atoms with Gasteiger partial charge in [0, 0.05) is 11.3 Å². The van der Waals surface area contributed by atoms with Gasteiger partial charge in [0.15, 0.2) is 5.69 Å². The largest absolute Gasteiger partial charge is 0.452 e. The number of anilines is 1. The predicted molar refractivity (Wildman–Crippen MR) is 95.4 cm³/mol. The van der Waals surface area contributed by atoms with Crippen molar-refractivity contribution in [2.45, 2.75) is 25.9 Å². The van der Waals surface area contributed by atoms with Crippen LogP contribution in [-0.4, -0.2) is 10.9 Å². The van der Waals surface area contributed by atoms with Crippen LogP contribution in [0.2, 0.25) is 0 Å². The van der Waals surface area contributed by atoms with Gasteiger partial charge in [0.05, 0.1) is 0 Å². The average Bonchev–Trinajstić information content (AvgIpc) is 3.09. The van der Waals surface area contributed by atoms with Crippen molar-refractivity contribution < 1.29 is 22.4 Å². The molecule has 4 nitrogen and oxygen atoms in total. The molecule has 0 aliphatic carbocycles. The topological polar surface area (TPSA) is 55.1 Å². The second-order valence-electron chi connectivity index (χ2n) is 6.26. The quantitative estimate of drug-likeness (QED) is 0.634. The summed E-state index contributed by atoms with van der Waals surface area (Å²) in [6, 6.07) is 15.1. The van der Waals surface area contributed by atoms with Gasteiger partial charge < -0.3 is 9.73 Å². The number of nitrogens with zero attached hydrogens (tertiary/aromatic N) is 1. The van der Waals surface area contributed by atoms with E-state index in [1.807, 2.05) is 19.9 Å². The standard InChI is InChI=1S/C20H17F3N2O2/c1-12(2)14-10-6-7-11-15(14)24-18(26)16-17(20(21,22)23)27-19(25-16)13-8-4-3-5-9-13/h3-12H,1-2H3,(H,24,26). The van der Waals surface area contributed by atoms with Crippen LogP contribution in [0.3, 0.4) is 0 Å². The van der Waals surface area contributed by atoms with E-state index in [1.54, 1.807) is 48.5 Å². The average molecular weight is 374 g/mol. The minimum Gasteiger partial charge on any atom is -0.431 e. The van der Waals surface area contributed by atoms with E-state index in [-0.39, 0.29) is 11.8 Å². The highest BCUT2D eigenvalue weighted by atomic mass is 19.4. The fourth-order valence-electron chi connectivity index (χ4n) is 2.67. The van der Waals surface area contributed by atoms with E-state index in [1.165, 1.54) is 0 Å². The Morgan fingerprint density at radius 3 is 2.30 bits per heavy atom. The highest BCUT2D eigenvalue weighted by Gasteiger charge is 2.42. The lowest BCUT2D eigenvalue weighted by Crippen LogP contribution is -2.19. The predicted octanol–water partition coefficient (Wildman–Crippen LogP) is 5.74. The SMILES string of the molecule is CC(C)c1ccccc1NC(=O)c1nc(-c2ccccc2)oc1C(F)(F)F. The number of aromatic nitrogens is 1. The summed E-state index contributed by atoms with van der Waals surface area (Å²) in [5.74, 6) is -2.56. The van der Waals surface area contributed by atoms with Gasteiger partial charge in [0.25, 0.3) is 5.91 Å². The first-order valence-electron chi connectivity index (χ1n) is 8.31. The molecule has 1 amide bonds. The van der Waals surface area contributed by atoms with Crippen molar-refractivity contribution in [2.75, 3.05) is 5.32 Å². The molecule has 3 rings (SSSR count). The summed E-state index contributed by atoms with van der Waals surface area (Å²) >= 11 is 0. The molecule has 1 aromatic heterocycles. The third-order valence-electron chi connectivity index (χ3n) is 3.95. The van der Waals surface area contributed by atoms with Gasteiger partial charge in [-0.3, -0.25) is 4.79 Å². The van der Waals surface area contributed by atoms with Crippen molar-refractivity contribution in [3.8, 4) is 11.5 Å². The van der Waals surface area contributed by atoms with Gasteiger partial charge in [-0.15, -0.1) is 0 Å². The van der Waals surface area contributed by atoms with Crippen LogP contribution in [0.15, 0.2) is 59.0 Å². The number of hydrogen-bond donors (Lipinski definition) is 1. The second kappa shape index (κ2) is 7.26. The molecule has 0 bridgehead atoms. The molecule has 27 heavy (non-hydrogen) atoms. The van der Waals surface area contributed by atoms with Crippen molar-refractivity contribution in [1.29, 1.82) is 0 Å². The number of oxazole rings is 1. The third kappa shape index (κ3) is 4.02. The lowest BCUT2D eigenvalue weighted by Gasteiger charge is -2.13. The minimum atomic E-state index is -4.84. The molecular formula is C20H17F3N2O2. The Labute approximate surface area is 154 Å². The molecule has 140 valence electrons. The van der Waals surface area contributed by atoms with Gasteiger partial charge in [-0.25, -0.2) is 4.98 Å². The lowest BCUT2D eigenvalue weighted by molar-refractivity contribution is -0.153. The summed E-state index contributed by atoms with van der Waals surface area (Å²) < 4.78 is 45.0. The summed E-state index contributed by atoms with van der Waals surface area (Å²) in [6.45, 7) is 3.85. The molecule has 0 saturated heterocycles. The number of carbonyl (C=O) groups excluding carboxylic acids is 1. The maximum atomic E-state index is 13.4. The Morgan fingerprint density at radius 1 is 1.04 bits per heavy atom. The Morgan fingerprint density at radius 2 is 1.67 bits per heavy atom. The van der Waals surface area contributed by atoms with Crippen LogP contribution < -0.4 is 5.32 Å². The molecule has 1 heterocycles. The molecule has 0 fully saturated rings. The van der Waals surface area contributed by atoms with Crippen LogP contribution in [0.1, 0.15) is 41.6 Å². The molecule has 7 heteroatoms. The maximum Gasteiger partial charge on any atom is 0.452 e. The molecule has 1 N–H and O–H groups in total. The number of para-hydroxylation sites is 1. The van der Waals surface area contributed by atoms with Crippen molar-refractivity contribution in [3.05, 3.63) is 71.6 Å². The number of amides is 1. The molecule has 2 aromatic carbocycles. The number of benzene rings is 2.